The van der Waals surface area contributed by atoms with E-state index in [0.717, 1.165) is 5.69 Å². The van der Waals surface area contributed by atoms with Crippen molar-refractivity contribution in [2.45, 2.75) is 20.1 Å². The monoisotopic (exact) mass is 269 g/mol. The molecule has 3 N–H and O–H groups in total. The first kappa shape index (κ1) is 13.8. The zero-order valence-corrected chi connectivity index (χ0v) is 11.1. The topological polar surface area (TPSA) is 89.2 Å². The second-order valence-corrected chi connectivity index (χ2v) is 4.40. The van der Waals surface area contributed by atoms with Crippen LogP contribution in [0, 0.1) is 18.3 Å². The van der Waals surface area contributed by atoms with Crippen LogP contribution in [0.25, 0.3) is 0 Å². The predicted octanol–water partition coefficient (Wildman–Crippen LogP) is 2.07. The summed E-state index contributed by atoms with van der Waals surface area (Å²) in [7, 11) is 0. The van der Waals surface area contributed by atoms with Crippen LogP contribution < -0.4 is 5.32 Å². The van der Waals surface area contributed by atoms with Gasteiger partial charge in [-0.25, -0.2) is 0 Å². The summed E-state index contributed by atoms with van der Waals surface area (Å²) in [5.41, 5.74) is 3.05. The fourth-order valence-corrected chi connectivity index (χ4v) is 1.91. The Kier molecular flexibility index (Phi) is 4.18. The zero-order valence-electron chi connectivity index (χ0n) is 11.1. The average Bonchev–Trinajstić information content (AvgIpc) is 2.49. The van der Waals surface area contributed by atoms with Crippen LogP contribution in [0.15, 0.2) is 30.5 Å². The minimum atomic E-state index is -0.184. The summed E-state index contributed by atoms with van der Waals surface area (Å²) in [6.45, 7) is 1.87. The van der Waals surface area contributed by atoms with E-state index in [9.17, 15) is 10.2 Å². The van der Waals surface area contributed by atoms with Crippen molar-refractivity contribution >= 4 is 5.69 Å². The predicted molar refractivity (Wildman–Crippen MR) is 75.0 cm³/mol. The molecule has 0 saturated carbocycles. The highest BCUT2D eigenvalue weighted by atomic mass is 16.3. The van der Waals surface area contributed by atoms with Gasteiger partial charge in [-0.15, -0.1) is 0 Å². The van der Waals surface area contributed by atoms with E-state index in [1.165, 1.54) is 0 Å². The Morgan fingerprint density at radius 2 is 2.20 bits per heavy atom. The molecular weight excluding hydrogens is 254 g/mol. The normalized spacial score (nSPS) is 10.1. The van der Waals surface area contributed by atoms with Crippen LogP contribution in [0.3, 0.4) is 0 Å². The summed E-state index contributed by atoms with van der Waals surface area (Å²) >= 11 is 0. The fourth-order valence-electron chi connectivity index (χ4n) is 1.91. The molecule has 2 rings (SSSR count). The van der Waals surface area contributed by atoms with Crippen LogP contribution >= 0.6 is 0 Å². The van der Waals surface area contributed by atoms with Gasteiger partial charge < -0.3 is 15.5 Å². The lowest BCUT2D eigenvalue weighted by molar-refractivity contribution is 0.279. The second kappa shape index (κ2) is 6.04. The number of pyridine rings is 1. The van der Waals surface area contributed by atoms with Gasteiger partial charge in [0.2, 0.25) is 0 Å². The van der Waals surface area contributed by atoms with Crippen LogP contribution in [0.2, 0.25) is 0 Å². The highest BCUT2D eigenvalue weighted by Crippen LogP contribution is 2.25. The van der Waals surface area contributed by atoms with Gasteiger partial charge in [0.15, 0.2) is 0 Å². The number of nitriles is 1. The lowest BCUT2D eigenvalue weighted by Crippen LogP contribution is -2.05. The van der Waals surface area contributed by atoms with Crippen LogP contribution in [0.1, 0.15) is 22.4 Å². The Labute approximate surface area is 117 Å². The minimum Gasteiger partial charge on any atom is -0.506 e. The first-order valence-corrected chi connectivity index (χ1v) is 6.17. The molecule has 0 spiro atoms. The molecule has 0 saturated heterocycles. The van der Waals surface area contributed by atoms with Gasteiger partial charge in [0, 0.05) is 29.6 Å². The third-order valence-corrected chi connectivity index (χ3v) is 3.06. The lowest BCUT2D eigenvalue weighted by Gasteiger charge is -2.13. The van der Waals surface area contributed by atoms with Gasteiger partial charge in [-0.1, -0.05) is 6.07 Å². The number of aliphatic hydroxyl groups is 1. The molecule has 1 aromatic heterocycles. The number of benzene rings is 1. The van der Waals surface area contributed by atoms with Gasteiger partial charge in [0.1, 0.15) is 5.75 Å². The Balaban J connectivity index is 2.22. The van der Waals surface area contributed by atoms with E-state index in [2.05, 4.69) is 16.4 Å². The molecule has 2 aromatic rings. The maximum absolute atomic E-state index is 10.0. The highest BCUT2D eigenvalue weighted by molar-refractivity contribution is 5.51. The molecule has 0 atom stereocenters. The molecule has 0 aliphatic carbocycles. The van der Waals surface area contributed by atoms with Crippen molar-refractivity contribution in [1.29, 1.82) is 5.26 Å². The molecule has 1 heterocycles. The number of aryl methyl sites for hydroxylation is 1. The van der Waals surface area contributed by atoms with E-state index in [1.54, 1.807) is 31.3 Å². The Morgan fingerprint density at radius 3 is 2.90 bits per heavy atom. The quantitative estimate of drug-likeness (QED) is 0.790. The first-order valence-electron chi connectivity index (χ1n) is 6.17. The van der Waals surface area contributed by atoms with E-state index in [-0.39, 0.29) is 12.4 Å². The smallest absolute Gasteiger partial charge is 0.142 e. The fraction of sp³-hybridized carbons (Fsp3) is 0.200. The first-order chi connectivity index (χ1) is 9.65. The minimum absolute atomic E-state index is 0.0838. The van der Waals surface area contributed by atoms with Crippen molar-refractivity contribution in [3.63, 3.8) is 0 Å². The number of anilines is 1. The summed E-state index contributed by atoms with van der Waals surface area (Å²) in [6, 6.07) is 9.14. The number of nitrogens with zero attached hydrogens (tertiary/aromatic N) is 2. The highest BCUT2D eigenvalue weighted by Gasteiger charge is 2.11. The second-order valence-electron chi connectivity index (χ2n) is 4.40. The van der Waals surface area contributed by atoms with E-state index >= 15 is 0 Å². The summed E-state index contributed by atoms with van der Waals surface area (Å²) in [5.74, 6) is 0.0838. The summed E-state index contributed by atoms with van der Waals surface area (Å²) in [6.07, 6.45) is 1.55. The van der Waals surface area contributed by atoms with Gasteiger partial charge in [0.25, 0.3) is 0 Å². The number of hydrogen-bond donors (Lipinski definition) is 3. The van der Waals surface area contributed by atoms with Crippen molar-refractivity contribution in [3.05, 3.63) is 52.8 Å². The molecule has 0 unspecified atom stereocenters. The number of aromatic hydroxyl groups is 1. The molecule has 0 bridgehead atoms. The number of hydrogen-bond acceptors (Lipinski definition) is 5. The Hall–Kier alpha value is -2.58. The molecule has 5 nitrogen and oxygen atoms in total. The van der Waals surface area contributed by atoms with Crippen molar-refractivity contribution in [1.82, 2.24) is 4.98 Å². The van der Waals surface area contributed by atoms with E-state index < -0.39 is 0 Å². The third kappa shape index (κ3) is 2.87. The summed E-state index contributed by atoms with van der Waals surface area (Å²) in [5, 5.41) is 31.3. The van der Waals surface area contributed by atoms with Crippen LogP contribution in [-0.4, -0.2) is 15.2 Å². The molecule has 1 aromatic carbocycles. The van der Waals surface area contributed by atoms with E-state index in [0.29, 0.717) is 28.9 Å². The van der Waals surface area contributed by atoms with Gasteiger partial charge in [-0.05, 0) is 25.1 Å². The zero-order chi connectivity index (χ0) is 14.5. The van der Waals surface area contributed by atoms with Gasteiger partial charge in [-0.2, -0.15) is 5.26 Å². The van der Waals surface area contributed by atoms with Crippen LogP contribution in [0.5, 0.6) is 5.75 Å². The van der Waals surface area contributed by atoms with Gasteiger partial charge in [-0.3, -0.25) is 4.98 Å². The van der Waals surface area contributed by atoms with Gasteiger partial charge in [0.05, 0.1) is 23.9 Å². The summed E-state index contributed by atoms with van der Waals surface area (Å²) < 4.78 is 0. The molecular formula is C15H15N3O2. The molecule has 0 amide bonds. The maximum Gasteiger partial charge on any atom is 0.142 e. The van der Waals surface area contributed by atoms with Crippen molar-refractivity contribution in [2.75, 3.05) is 5.32 Å². The van der Waals surface area contributed by atoms with Gasteiger partial charge >= 0.3 is 0 Å². The van der Waals surface area contributed by atoms with Crippen molar-refractivity contribution in [3.8, 4) is 11.8 Å². The molecule has 5 heteroatoms. The van der Waals surface area contributed by atoms with E-state index in [4.69, 9.17) is 5.26 Å². The Morgan fingerprint density at radius 1 is 1.40 bits per heavy atom. The molecule has 0 fully saturated rings. The van der Waals surface area contributed by atoms with Crippen LogP contribution in [-0.2, 0) is 13.2 Å². The summed E-state index contributed by atoms with van der Waals surface area (Å²) in [4.78, 5) is 4.01. The molecule has 102 valence electrons. The molecule has 0 aliphatic heterocycles. The number of rotatable bonds is 4. The average molecular weight is 269 g/mol. The number of nitrogens with one attached hydrogen (secondary N) is 1. The number of aliphatic hydroxyl groups excluding tert-OH is 1. The largest absolute Gasteiger partial charge is 0.506 e. The SMILES string of the molecule is Cc1ncc(CO)c(CNc2cccc(C#N)c2)c1O. The number of aromatic nitrogens is 1. The lowest BCUT2D eigenvalue weighted by atomic mass is 10.1. The third-order valence-electron chi connectivity index (χ3n) is 3.06. The molecule has 20 heavy (non-hydrogen) atoms. The van der Waals surface area contributed by atoms with E-state index in [1.807, 2.05) is 6.07 Å². The Bertz CT molecular complexity index is 663. The van der Waals surface area contributed by atoms with Crippen LogP contribution in [0.4, 0.5) is 5.69 Å². The molecule has 0 aliphatic rings. The maximum atomic E-state index is 10.0. The van der Waals surface area contributed by atoms with Crippen molar-refractivity contribution < 1.29 is 10.2 Å². The standard InChI is InChI=1S/C15H15N3O2/c1-10-15(20)14(12(9-19)7-17-10)8-18-13-4-2-3-11(5-13)6-16/h2-5,7,18-20H,8-9H2,1H3. The molecule has 0 radical (unpaired) electrons. The van der Waals surface area contributed by atoms with Crippen molar-refractivity contribution in [2.24, 2.45) is 0 Å².